The van der Waals surface area contributed by atoms with Crippen LogP contribution in [0.3, 0.4) is 0 Å². The van der Waals surface area contributed by atoms with E-state index >= 15 is 0 Å². The van der Waals surface area contributed by atoms with Gasteiger partial charge in [0.15, 0.2) is 0 Å². The van der Waals surface area contributed by atoms with Crippen LogP contribution in [0, 0.1) is 0 Å². The lowest BCUT2D eigenvalue weighted by Crippen LogP contribution is -2.28. The number of hydrogen-bond donors (Lipinski definition) is 3. The molecule has 2 aromatic carbocycles. The van der Waals surface area contributed by atoms with Crippen molar-refractivity contribution < 1.29 is 10.2 Å². The Kier molecular flexibility index (Phi) is 4.09. The Morgan fingerprint density at radius 1 is 1.19 bits per heavy atom. The lowest BCUT2D eigenvalue weighted by Gasteiger charge is -2.18. The summed E-state index contributed by atoms with van der Waals surface area (Å²) in [6.07, 6.45) is 0.162. The van der Waals surface area contributed by atoms with E-state index in [1.807, 2.05) is 24.3 Å². The van der Waals surface area contributed by atoms with Crippen molar-refractivity contribution >= 4 is 23.2 Å². The van der Waals surface area contributed by atoms with Gasteiger partial charge in [-0.05, 0) is 23.3 Å². The van der Waals surface area contributed by atoms with Crippen LogP contribution in [-0.4, -0.2) is 16.3 Å². The third-order valence-corrected chi connectivity index (χ3v) is 4.33. The van der Waals surface area contributed by atoms with Gasteiger partial charge in [0.25, 0.3) is 0 Å². The van der Waals surface area contributed by atoms with Crippen molar-refractivity contribution in [3.05, 3.63) is 63.1 Å². The van der Waals surface area contributed by atoms with Crippen molar-refractivity contribution in [1.82, 2.24) is 5.32 Å². The molecular weight excluding hydrogens is 309 g/mol. The summed E-state index contributed by atoms with van der Waals surface area (Å²) < 4.78 is 0. The number of aliphatic hydroxyl groups is 1. The van der Waals surface area contributed by atoms with Gasteiger partial charge in [-0.1, -0.05) is 47.5 Å². The number of hydrogen-bond acceptors (Lipinski definition) is 3. The molecule has 0 unspecified atom stereocenters. The Morgan fingerprint density at radius 3 is 2.76 bits per heavy atom. The summed E-state index contributed by atoms with van der Waals surface area (Å²) in [5.41, 5.74) is 2.86. The van der Waals surface area contributed by atoms with E-state index in [0.717, 1.165) is 11.1 Å². The number of fused-ring (bicyclic) bond motifs is 1. The summed E-state index contributed by atoms with van der Waals surface area (Å²) in [5.74, 6) is 0.0225. The molecule has 2 aromatic rings. The van der Waals surface area contributed by atoms with Gasteiger partial charge in [-0.25, -0.2) is 0 Å². The zero-order valence-electron chi connectivity index (χ0n) is 11.2. The van der Waals surface area contributed by atoms with Crippen LogP contribution in [-0.2, 0) is 13.0 Å². The standard InChI is InChI=1S/C16H15Cl2NO2/c17-11-5-10(16(21)13(18)7-11)8-19-15-12-4-2-1-3-9(12)6-14(15)20/h1-5,7,14-15,19-21H,6,8H2/t14-,15+/m1/s1. The minimum absolute atomic E-state index is 0.0225. The maximum Gasteiger partial charge on any atom is 0.138 e. The number of aliphatic hydroxyl groups excluding tert-OH is 1. The van der Waals surface area contributed by atoms with E-state index in [-0.39, 0.29) is 16.8 Å². The third kappa shape index (κ3) is 2.87. The maximum absolute atomic E-state index is 10.2. The number of rotatable bonds is 3. The van der Waals surface area contributed by atoms with E-state index in [0.29, 0.717) is 23.6 Å². The van der Waals surface area contributed by atoms with Gasteiger partial charge in [-0.3, -0.25) is 0 Å². The third-order valence-electron chi connectivity index (χ3n) is 3.82. The van der Waals surface area contributed by atoms with Crippen LogP contribution in [0.15, 0.2) is 36.4 Å². The van der Waals surface area contributed by atoms with Gasteiger partial charge in [0, 0.05) is 23.6 Å². The van der Waals surface area contributed by atoms with Crippen LogP contribution in [0.5, 0.6) is 5.75 Å². The summed E-state index contributed by atoms with van der Waals surface area (Å²) >= 11 is 11.9. The van der Waals surface area contributed by atoms with Crippen molar-refractivity contribution in [3.8, 4) is 5.75 Å². The molecule has 0 aliphatic heterocycles. The molecule has 1 aliphatic carbocycles. The average molecular weight is 324 g/mol. The van der Waals surface area contributed by atoms with Crippen molar-refractivity contribution in [1.29, 1.82) is 0 Å². The topological polar surface area (TPSA) is 52.5 Å². The first-order chi connectivity index (χ1) is 10.1. The first-order valence-electron chi connectivity index (χ1n) is 6.72. The van der Waals surface area contributed by atoms with Gasteiger partial charge >= 0.3 is 0 Å². The molecule has 3 rings (SSSR count). The highest BCUT2D eigenvalue weighted by Gasteiger charge is 2.30. The summed E-state index contributed by atoms with van der Waals surface area (Å²) in [5, 5.41) is 24.1. The van der Waals surface area contributed by atoms with Crippen molar-refractivity contribution in [3.63, 3.8) is 0 Å². The van der Waals surface area contributed by atoms with Crippen LogP contribution in [0.1, 0.15) is 22.7 Å². The smallest absolute Gasteiger partial charge is 0.138 e. The van der Waals surface area contributed by atoms with E-state index < -0.39 is 6.10 Å². The van der Waals surface area contributed by atoms with Gasteiger partial charge in [-0.15, -0.1) is 0 Å². The molecule has 3 nitrogen and oxygen atoms in total. The number of phenols is 1. The van der Waals surface area contributed by atoms with Crippen LogP contribution >= 0.6 is 23.2 Å². The van der Waals surface area contributed by atoms with E-state index in [4.69, 9.17) is 23.2 Å². The normalized spacial score (nSPS) is 20.5. The number of aromatic hydroxyl groups is 1. The predicted molar refractivity (Wildman–Crippen MR) is 83.9 cm³/mol. The van der Waals surface area contributed by atoms with Crippen LogP contribution in [0.2, 0.25) is 10.0 Å². The Balaban J connectivity index is 1.80. The monoisotopic (exact) mass is 323 g/mol. The molecule has 0 bridgehead atoms. The van der Waals surface area contributed by atoms with Gasteiger partial charge in [0.05, 0.1) is 17.2 Å². The zero-order chi connectivity index (χ0) is 15.0. The van der Waals surface area contributed by atoms with Gasteiger partial charge < -0.3 is 15.5 Å². The first-order valence-corrected chi connectivity index (χ1v) is 7.48. The second kappa shape index (κ2) is 5.85. The molecule has 0 fully saturated rings. The molecule has 0 spiro atoms. The minimum atomic E-state index is -0.473. The van der Waals surface area contributed by atoms with Gasteiger partial charge in [-0.2, -0.15) is 0 Å². The lowest BCUT2D eigenvalue weighted by atomic mass is 10.1. The molecule has 110 valence electrons. The Morgan fingerprint density at radius 2 is 1.95 bits per heavy atom. The highest BCUT2D eigenvalue weighted by atomic mass is 35.5. The molecule has 0 saturated carbocycles. The highest BCUT2D eigenvalue weighted by Crippen LogP contribution is 2.34. The fourth-order valence-electron chi connectivity index (χ4n) is 2.79. The quantitative estimate of drug-likeness (QED) is 0.811. The molecule has 5 heteroatoms. The van der Waals surface area contributed by atoms with E-state index in [2.05, 4.69) is 5.32 Å². The number of nitrogens with one attached hydrogen (secondary N) is 1. The highest BCUT2D eigenvalue weighted by molar-refractivity contribution is 6.35. The fraction of sp³-hybridized carbons (Fsp3) is 0.250. The SMILES string of the molecule is Oc1c(Cl)cc(Cl)cc1CN[C@H]1c2ccccc2C[C@H]1O. The molecule has 3 N–H and O–H groups in total. The average Bonchev–Trinajstić information content (AvgIpc) is 2.77. The number of benzene rings is 2. The van der Waals surface area contributed by atoms with Crippen molar-refractivity contribution in [2.45, 2.75) is 25.1 Å². The first kappa shape index (κ1) is 14.7. The molecule has 0 saturated heterocycles. The molecule has 21 heavy (non-hydrogen) atoms. The second-order valence-electron chi connectivity index (χ2n) is 5.22. The molecular formula is C16H15Cl2NO2. The van der Waals surface area contributed by atoms with Gasteiger partial charge in [0.2, 0.25) is 0 Å². The number of halogens is 2. The summed E-state index contributed by atoms with van der Waals surface area (Å²) in [6.45, 7) is 0.377. The van der Waals surface area contributed by atoms with Crippen LogP contribution in [0.4, 0.5) is 0 Å². The molecule has 1 aliphatic rings. The Hall–Kier alpha value is -1.26. The molecule has 0 amide bonds. The molecule has 0 aromatic heterocycles. The van der Waals surface area contributed by atoms with E-state index in [1.165, 1.54) is 6.07 Å². The number of phenolic OH excluding ortho intramolecular Hbond substituents is 1. The van der Waals surface area contributed by atoms with Crippen LogP contribution < -0.4 is 5.32 Å². The molecule has 0 heterocycles. The summed E-state index contributed by atoms with van der Waals surface area (Å²) in [6, 6.07) is 11.0. The van der Waals surface area contributed by atoms with E-state index in [1.54, 1.807) is 6.07 Å². The van der Waals surface area contributed by atoms with Crippen molar-refractivity contribution in [2.24, 2.45) is 0 Å². The second-order valence-corrected chi connectivity index (χ2v) is 6.07. The fourth-order valence-corrected chi connectivity index (χ4v) is 3.33. The lowest BCUT2D eigenvalue weighted by molar-refractivity contribution is 0.140. The molecule has 0 radical (unpaired) electrons. The van der Waals surface area contributed by atoms with Crippen LogP contribution in [0.25, 0.3) is 0 Å². The van der Waals surface area contributed by atoms with Crippen molar-refractivity contribution in [2.75, 3.05) is 0 Å². The minimum Gasteiger partial charge on any atom is -0.506 e. The largest absolute Gasteiger partial charge is 0.506 e. The summed E-state index contributed by atoms with van der Waals surface area (Å²) in [4.78, 5) is 0. The zero-order valence-corrected chi connectivity index (χ0v) is 12.7. The molecule has 2 atom stereocenters. The maximum atomic E-state index is 10.2. The predicted octanol–water partition coefficient (Wildman–Crippen LogP) is 3.45. The Bertz CT molecular complexity index is 675. The Labute approximate surface area is 133 Å². The van der Waals surface area contributed by atoms with Gasteiger partial charge in [0.1, 0.15) is 5.75 Å². The summed E-state index contributed by atoms with van der Waals surface area (Å²) in [7, 11) is 0. The van der Waals surface area contributed by atoms with E-state index in [9.17, 15) is 10.2 Å².